The van der Waals surface area contributed by atoms with Crippen molar-refractivity contribution in [3.63, 3.8) is 0 Å². The van der Waals surface area contributed by atoms with Crippen LogP contribution in [0.25, 0.3) is 22.0 Å². The molecule has 0 unspecified atom stereocenters. The molecule has 41 heavy (non-hydrogen) atoms. The largest absolute Gasteiger partial charge is 0.497 e. The number of nitrogens with one attached hydrogen (secondary N) is 2. The van der Waals surface area contributed by atoms with E-state index >= 15 is 0 Å². The van der Waals surface area contributed by atoms with Crippen LogP contribution in [0.3, 0.4) is 0 Å². The van der Waals surface area contributed by atoms with Crippen molar-refractivity contribution in [2.45, 2.75) is 11.4 Å². The molecule has 11 nitrogen and oxygen atoms in total. The summed E-state index contributed by atoms with van der Waals surface area (Å²) < 4.78 is 41.3. The third kappa shape index (κ3) is 5.34. The minimum absolute atomic E-state index is 0.00501. The summed E-state index contributed by atoms with van der Waals surface area (Å²) in [6.07, 6.45) is 2.98. The maximum absolute atomic E-state index is 14.1. The number of H-pyrrole nitrogens is 1. The van der Waals surface area contributed by atoms with Crippen molar-refractivity contribution < 1.29 is 22.7 Å². The Morgan fingerprint density at radius 2 is 1.90 bits per heavy atom. The summed E-state index contributed by atoms with van der Waals surface area (Å²) in [6, 6.07) is 15.6. The number of ether oxygens (including phenoxy) is 2. The van der Waals surface area contributed by atoms with Gasteiger partial charge in [0.2, 0.25) is 0 Å². The lowest BCUT2D eigenvalue weighted by Crippen LogP contribution is -2.33. The molecule has 2 aromatic carbocycles. The molecule has 0 bridgehead atoms. The number of halogens is 1. The number of nitrogens with two attached hydrogens (primary N) is 1. The number of pyridine rings is 2. The van der Waals surface area contributed by atoms with E-state index in [0.717, 1.165) is 0 Å². The molecule has 3 aromatic heterocycles. The second-order valence-corrected chi connectivity index (χ2v) is 11.0. The van der Waals surface area contributed by atoms with Gasteiger partial charge in [-0.3, -0.25) is 9.59 Å². The standard InChI is InChI=1S/C28H24ClN5O6S/c1-39-18-6-8-22(40-2)23(14-18)41(37,38)33-28(36)26-25(19-4-3-10-32-27(19)35)20-13-17(29)5-7-21(20)34(26)15-16-9-11-31-24(30)12-16/h3-14H,15H2,1-2H3,(H2,30,31)(H,32,35)(H,33,36). The topological polar surface area (TPSA) is 158 Å². The number of fused-ring (bicyclic) bond motifs is 1. The van der Waals surface area contributed by atoms with Gasteiger partial charge >= 0.3 is 0 Å². The number of nitrogen functional groups attached to an aromatic ring is 1. The number of amides is 1. The molecular weight excluding hydrogens is 570 g/mol. The molecule has 5 rings (SSSR count). The zero-order valence-electron chi connectivity index (χ0n) is 21.8. The fourth-order valence-corrected chi connectivity index (χ4v) is 5.92. The minimum Gasteiger partial charge on any atom is -0.497 e. The van der Waals surface area contributed by atoms with E-state index in [2.05, 4.69) is 14.7 Å². The molecular formula is C28H24ClN5O6S. The quantitative estimate of drug-likeness (QED) is 0.245. The summed E-state index contributed by atoms with van der Waals surface area (Å²) in [4.78, 5) is 33.4. The summed E-state index contributed by atoms with van der Waals surface area (Å²) in [5.41, 5.74) is 6.90. The molecule has 0 saturated carbocycles. The van der Waals surface area contributed by atoms with Gasteiger partial charge in [-0.05, 0) is 60.2 Å². The van der Waals surface area contributed by atoms with Gasteiger partial charge in [0.25, 0.3) is 21.5 Å². The SMILES string of the molecule is COc1ccc(OC)c(S(=O)(=O)NC(=O)c2c(-c3ccc[nH]c3=O)c3cc(Cl)ccc3n2Cc2ccnc(N)c2)c1. The Balaban J connectivity index is 1.76. The Morgan fingerprint density at radius 3 is 2.61 bits per heavy atom. The summed E-state index contributed by atoms with van der Waals surface area (Å²) in [5.74, 6) is -0.470. The monoisotopic (exact) mass is 593 g/mol. The van der Waals surface area contributed by atoms with Gasteiger partial charge in [-0.2, -0.15) is 0 Å². The smallest absolute Gasteiger partial charge is 0.282 e. The zero-order valence-corrected chi connectivity index (χ0v) is 23.4. The number of nitrogens with zero attached hydrogens (tertiary/aromatic N) is 2. The first-order chi connectivity index (χ1) is 19.6. The molecule has 0 aliphatic heterocycles. The number of aromatic nitrogens is 3. The Kier molecular flexibility index (Phi) is 7.43. The van der Waals surface area contributed by atoms with Crippen molar-refractivity contribution in [3.05, 3.63) is 99.7 Å². The molecule has 0 saturated heterocycles. The van der Waals surface area contributed by atoms with E-state index < -0.39 is 21.5 Å². The molecule has 0 fully saturated rings. The van der Waals surface area contributed by atoms with Crippen molar-refractivity contribution in [2.24, 2.45) is 0 Å². The molecule has 13 heteroatoms. The highest BCUT2D eigenvalue weighted by atomic mass is 35.5. The van der Waals surface area contributed by atoms with Gasteiger partial charge in [-0.15, -0.1) is 0 Å². The number of carbonyl (C=O) groups is 1. The first-order valence-electron chi connectivity index (χ1n) is 12.1. The van der Waals surface area contributed by atoms with E-state index in [-0.39, 0.29) is 45.6 Å². The van der Waals surface area contributed by atoms with Crippen molar-refractivity contribution in [2.75, 3.05) is 20.0 Å². The van der Waals surface area contributed by atoms with Gasteiger partial charge in [-0.1, -0.05) is 11.6 Å². The van der Waals surface area contributed by atoms with Crippen LogP contribution in [0.4, 0.5) is 5.82 Å². The minimum atomic E-state index is -4.49. The lowest BCUT2D eigenvalue weighted by atomic mass is 10.0. The fourth-order valence-electron chi connectivity index (χ4n) is 4.61. The number of carbonyl (C=O) groups excluding carboxylic acids is 1. The predicted molar refractivity (Wildman–Crippen MR) is 155 cm³/mol. The third-order valence-electron chi connectivity index (χ3n) is 6.40. The van der Waals surface area contributed by atoms with E-state index in [1.54, 1.807) is 47.0 Å². The highest BCUT2D eigenvalue weighted by molar-refractivity contribution is 7.90. The molecule has 0 spiro atoms. The third-order valence-corrected chi connectivity index (χ3v) is 7.99. The second-order valence-electron chi connectivity index (χ2n) is 8.92. The zero-order chi connectivity index (χ0) is 29.3. The molecule has 4 N–H and O–H groups in total. The summed E-state index contributed by atoms with van der Waals surface area (Å²) in [5, 5.41) is 0.829. The van der Waals surface area contributed by atoms with E-state index in [0.29, 0.717) is 21.5 Å². The van der Waals surface area contributed by atoms with Crippen LogP contribution in [0.2, 0.25) is 5.02 Å². The number of hydrogen-bond donors (Lipinski definition) is 3. The Morgan fingerprint density at radius 1 is 1.10 bits per heavy atom. The van der Waals surface area contributed by atoms with Crippen LogP contribution in [0.15, 0.2) is 82.7 Å². The first kappa shape index (κ1) is 27.7. The molecule has 0 aliphatic rings. The number of rotatable bonds is 8. The van der Waals surface area contributed by atoms with E-state index in [4.69, 9.17) is 26.8 Å². The van der Waals surface area contributed by atoms with Gasteiger partial charge in [0.15, 0.2) is 0 Å². The summed E-state index contributed by atoms with van der Waals surface area (Å²) in [7, 11) is -1.80. The predicted octanol–water partition coefficient (Wildman–Crippen LogP) is 3.81. The Labute approximate surface area is 239 Å². The Hall–Kier alpha value is -4.81. The maximum Gasteiger partial charge on any atom is 0.282 e. The summed E-state index contributed by atoms with van der Waals surface area (Å²) >= 11 is 6.35. The van der Waals surface area contributed by atoms with Crippen LogP contribution in [0.5, 0.6) is 11.5 Å². The normalized spacial score (nSPS) is 11.4. The van der Waals surface area contributed by atoms with Crippen molar-refractivity contribution >= 4 is 44.3 Å². The molecule has 3 heterocycles. The molecule has 5 aromatic rings. The summed E-state index contributed by atoms with van der Waals surface area (Å²) in [6.45, 7) is 0.0981. The van der Waals surface area contributed by atoms with E-state index in [1.807, 2.05) is 0 Å². The molecule has 0 aliphatic carbocycles. The van der Waals surface area contributed by atoms with Crippen molar-refractivity contribution in [1.29, 1.82) is 0 Å². The maximum atomic E-state index is 14.1. The highest BCUT2D eigenvalue weighted by Gasteiger charge is 2.30. The second kappa shape index (κ2) is 11.0. The van der Waals surface area contributed by atoms with Crippen LogP contribution < -0.4 is 25.5 Å². The number of methoxy groups -OCH3 is 2. The lowest BCUT2D eigenvalue weighted by Gasteiger charge is -2.15. The number of sulfonamides is 1. The van der Waals surface area contributed by atoms with Crippen LogP contribution in [-0.4, -0.2) is 43.1 Å². The van der Waals surface area contributed by atoms with E-state index in [9.17, 15) is 18.0 Å². The van der Waals surface area contributed by atoms with E-state index in [1.165, 1.54) is 44.8 Å². The van der Waals surface area contributed by atoms with Crippen molar-refractivity contribution in [3.8, 4) is 22.6 Å². The first-order valence-corrected chi connectivity index (χ1v) is 14.0. The van der Waals surface area contributed by atoms with Gasteiger partial charge in [0, 0.05) is 52.1 Å². The number of hydrogen-bond acceptors (Lipinski definition) is 8. The van der Waals surface area contributed by atoms with Crippen molar-refractivity contribution in [1.82, 2.24) is 19.3 Å². The van der Waals surface area contributed by atoms with Crippen LogP contribution >= 0.6 is 11.6 Å². The molecule has 210 valence electrons. The molecule has 0 radical (unpaired) electrons. The average molecular weight is 594 g/mol. The number of aromatic amines is 1. The van der Waals surface area contributed by atoms with Crippen LogP contribution in [-0.2, 0) is 16.6 Å². The highest BCUT2D eigenvalue weighted by Crippen LogP contribution is 2.36. The average Bonchev–Trinajstić information content (AvgIpc) is 3.25. The van der Waals surface area contributed by atoms with Gasteiger partial charge < -0.3 is 24.8 Å². The van der Waals surface area contributed by atoms with Crippen LogP contribution in [0.1, 0.15) is 16.1 Å². The Bertz CT molecular complexity index is 1970. The van der Waals surface area contributed by atoms with Gasteiger partial charge in [-0.25, -0.2) is 18.1 Å². The lowest BCUT2D eigenvalue weighted by molar-refractivity contribution is 0.0974. The van der Waals surface area contributed by atoms with Gasteiger partial charge in [0.05, 0.1) is 14.2 Å². The van der Waals surface area contributed by atoms with Gasteiger partial charge in [0.1, 0.15) is 27.9 Å². The number of anilines is 1. The molecule has 1 amide bonds. The van der Waals surface area contributed by atoms with Crippen LogP contribution in [0, 0.1) is 0 Å². The molecule has 0 atom stereocenters. The number of benzene rings is 2. The fraction of sp³-hybridized carbons (Fsp3) is 0.107.